The summed E-state index contributed by atoms with van der Waals surface area (Å²) in [6, 6.07) is 24.6. The Labute approximate surface area is 275 Å². The molecule has 1 aliphatic rings. The number of thiazole rings is 1. The Bertz CT molecular complexity index is 2170. The Hall–Kier alpha value is -5.35. The van der Waals surface area contributed by atoms with Crippen LogP contribution in [-0.2, 0) is 16.1 Å². The third-order valence-corrected chi connectivity index (χ3v) is 8.70. The van der Waals surface area contributed by atoms with Gasteiger partial charge in [0.05, 0.1) is 43.6 Å². The molecule has 0 spiro atoms. The van der Waals surface area contributed by atoms with E-state index >= 15 is 0 Å². The van der Waals surface area contributed by atoms with Crippen LogP contribution in [0.15, 0.2) is 100 Å². The van der Waals surface area contributed by atoms with Crippen molar-refractivity contribution in [3.8, 4) is 23.0 Å². The summed E-state index contributed by atoms with van der Waals surface area (Å²) >= 11 is 1.23. The van der Waals surface area contributed by atoms with Gasteiger partial charge in [0.1, 0.15) is 6.61 Å². The minimum atomic E-state index is -0.781. The van der Waals surface area contributed by atoms with Crippen LogP contribution in [-0.4, -0.2) is 38.0 Å². The van der Waals surface area contributed by atoms with E-state index in [1.54, 1.807) is 25.3 Å². The first-order valence-corrected chi connectivity index (χ1v) is 16.0. The summed E-state index contributed by atoms with van der Waals surface area (Å²) in [4.78, 5) is 31.8. The molecule has 0 amide bonds. The van der Waals surface area contributed by atoms with Crippen molar-refractivity contribution in [3.05, 3.63) is 127 Å². The largest absolute Gasteiger partial charge is 0.493 e. The van der Waals surface area contributed by atoms with Crippen LogP contribution in [0.25, 0.3) is 16.8 Å². The van der Waals surface area contributed by atoms with Gasteiger partial charge in [-0.25, -0.2) is 9.79 Å². The minimum Gasteiger partial charge on any atom is -0.493 e. The first-order chi connectivity index (χ1) is 22.9. The molecule has 0 radical (unpaired) electrons. The fourth-order valence-electron chi connectivity index (χ4n) is 5.52. The molecule has 0 unspecified atom stereocenters. The van der Waals surface area contributed by atoms with E-state index < -0.39 is 12.0 Å². The average molecular weight is 651 g/mol. The highest BCUT2D eigenvalue weighted by atomic mass is 32.1. The van der Waals surface area contributed by atoms with Crippen LogP contribution in [0.4, 0.5) is 0 Å². The molecule has 1 atom stereocenters. The molecule has 0 aliphatic carbocycles. The summed E-state index contributed by atoms with van der Waals surface area (Å²) in [5.41, 5.74) is 2.38. The number of ether oxygens (including phenoxy) is 5. The van der Waals surface area contributed by atoms with E-state index in [0.29, 0.717) is 57.7 Å². The van der Waals surface area contributed by atoms with Gasteiger partial charge in [0.15, 0.2) is 27.8 Å². The summed E-state index contributed by atoms with van der Waals surface area (Å²) < 4.78 is 30.4. The van der Waals surface area contributed by atoms with Crippen molar-refractivity contribution in [2.45, 2.75) is 26.5 Å². The quantitative estimate of drug-likeness (QED) is 0.173. The topological polar surface area (TPSA) is 97.6 Å². The molecule has 240 valence electrons. The molecule has 2 heterocycles. The lowest BCUT2D eigenvalue weighted by Crippen LogP contribution is -2.39. The number of hydrogen-bond acceptors (Lipinski definition) is 9. The summed E-state index contributed by atoms with van der Waals surface area (Å²) in [6.07, 6.45) is 3.25. The van der Waals surface area contributed by atoms with Gasteiger partial charge in [-0.05, 0) is 77.7 Å². The maximum Gasteiger partial charge on any atom is 0.337 e. The number of methoxy groups -OCH3 is 2. The molecule has 6 rings (SSSR count). The number of fused-ring (bicyclic) bond motifs is 2. The lowest BCUT2D eigenvalue weighted by Gasteiger charge is -2.23. The van der Waals surface area contributed by atoms with E-state index in [0.717, 1.165) is 16.5 Å². The molecule has 5 aromatic rings. The number of carbonyl (C=O) groups is 1. The lowest BCUT2D eigenvalue weighted by molar-refractivity contribution is -0.136. The van der Waals surface area contributed by atoms with Gasteiger partial charge in [-0.2, -0.15) is 0 Å². The van der Waals surface area contributed by atoms with E-state index in [-0.39, 0.29) is 11.1 Å². The summed E-state index contributed by atoms with van der Waals surface area (Å²) in [6.45, 7) is 5.03. The van der Waals surface area contributed by atoms with Crippen LogP contribution in [0, 0.1) is 0 Å². The molecule has 0 N–H and O–H groups in total. The van der Waals surface area contributed by atoms with Gasteiger partial charge in [-0.1, -0.05) is 59.9 Å². The predicted molar refractivity (Wildman–Crippen MR) is 181 cm³/mol. The van der Waals surface area contributed by atoms with Crippen LogP contribution < -0.4 is 33.8 Å². The third-order valence-electron chi connectivity index (χ3n) is 7.70. The maximum absolute atomic E-state index is 14.0. The molecular formula is C37H34N2O7S. The van der Waals surface area contributed by atoms with Gasteiger partial charge in [-0.15, -0.1) is 0 Å². The minimum absolute atomic E-state index is 0.229. The number of hydrogen-bond donors (Lipinski definition) is 0. The third kappa shape index (κ3) is 6.50. The van der Waals surface area contributed by atoms with Crippen molar-refractivity contribution in [1.29, 1.82) is 0 Å². The first kappa shape index (κ1) is 31.6. The SMILES string of the molecule is CCOc1ccc([C@@H]2C(C(=O)OC)=CN=c3s/c(=C\c4ccc(OCc5ccc6ccccc6c5)c(OC)c4)c(=O)n32)cc1OCC. The second-order valence-electron chi connectivity index (χ2n) is 10.6. The van der Waals surface area contributed by atoms with Crippen LogP contribution in [0.2, 0.25) is 0 Å². The number of rotatable bonds is 11. The zero-order valence-corrected chi connectivity index (χ0v) is 27.3. The number of nitrogens with zero attached hydrogens (tertiary/aromatic N) is 2. The molecule has 0 bridgehead atoms. The average Bonchev–Trinajstić information content (AvgIpc) is 3.42. The van der Waals surface area contributed by atoms with E-state index in [1.807, 2.05) is 56.3 Å². The molecule has 1 aliphatic heterocycles. The van der Waals surface area contributed by atoms with Gasteiger partial charge in [0.25, 0.3) is 5.56 Å². The van der Waals surface area contributed by atoms with Crippen molar-refractivity contribution in [3.63, 3.8) is 0 Å². The van der Waals surface area contributed by atoms with Gasteiger partial charge in [0.2, 0.25) is 0 Å². The highest BCUT2D eigenvalue weighted by Crippen LogP contribution is 2.35. The molecule has 0 saturated heterocycles. The Morgan fingerprint density at radius 1 is 0.851 bits per heavy atom. The first-order valence-electron chi connectivity index (χ1n) is 15.2. The van der Waals surface area contributed by atoms with Crippen LogP contribution in [0.3, 0.4) is 0 Å². The zero-order valence-electron chi connectivity index (χ0n) is 26.5. The monoisotopic (exact) mass is 650 g/mol. The Kier molecular flexibility index (Phi) is 9.40. The summed E-state index contributed by atoms with van der Waals surface area (Å²) in [5, 5.41) is 2.32. The highest BCUT2D eigenvalue weighted by Gasteiger charge is 2.31. The zero-order chi connectivity index (χ0) is 32.9. The van der Waals surface area contributed by atoms with E-state index in [1.165, 1.54) is 34.6 Å². The summed E-state index contributed by atoms with van der Waals surface area (Å²) in [5.74, 6) is 1.64. The van der Waals surface area contributed by atoms with Crippen molar-refractivity contribution in [2.75, 3.05) is 27.4 Å². The fourth-order valence-corrected chi connectivity index (χ4v) is 6.49. The molecule has 47 heavy (non-hydrogen) atoms. The second kappa shape index (κ2) is 14.0. The number of benzene rings is 4. The normalized spacial score (nSPS) is 14.2. The van der Waals surface area contributed by atoms with Crippen LogP contribution >= 0.6 is 11.3 Å². The standard InChI is InChI=1S/C37H34N2O7S/c1-5-44-30-16-14-27(20-32(30)45-6-2)34-28(36(41)43-4)21-38-37-39(34)35(40)33(47-37)19-23-12-15-29(31(18-23)42-3)46-22-24-11-13-25-9-7-8-10-26(25)17-24/h7-21,34H,5-6,22H2,1-4H3/b33-19-/t34-/m1/s1. The summed E-state index contributed by atoms with van der Waals surface area (Å²) in [7, 11) is 2.88. The predicted octanol–water partition coefficient (Wildman–Crippen LogP) is 5.56. The smallest absolute Gasteiger partial charge is 0.337 e. The molecule has 9 nitrogen and oxygen atoms in total. The van der Waals surface area contributed by atoms with Crippen molar-refractivity contribution in [1.82, 2.24) is 4.57 Å². The van der Waals surface area contributed by atoms with Gasteiger partial charge >= 0.3 is 5.97 Å². The van der Waals surface area contributed by atoms with Crippen LogP contribution in [0.5, 0.6) is 23.0 Å². The van der Waals surface area contributed by atoms with Crippen LogP contribution in [0.1, 0.15) is 36.6 Å². The lowest BCUT2D eigenvalue weighted by atomic mass is 9.97. The van der Waals surface area contributed by atoms with E-state index in [9.17, 15) is 9.59 Å². The number of carbonyl (C=O) groups excluding carboxylic acids is 1. The van der Waals surface area contributed by atoms with Gasteiger partial charge < -0.3 is 23.7 Å². The van der Waals surface area contributed by atoms with Crippen molar-refractivity contribution < 1.29 is 28.5 Å². The van der Waals surface area contributed by atoms with Gasteiger partial charge in [0, 0.05) is 6.20 Å². The molecule has 10 heteroatoms. The number of esters is 1. The highest BCUT2D eigenvalue weighted by molar-refractivity contribution is 7.07. The molecule has 0 fully saturated rings. The Morgan fingerprint density at radius 2 is 1.60 bits per heavy atom. The maximum atomic E-state index is 14.0. The Morgan fingerprint density at radius 3 is 2.36 bits per heavy atom. The van der Waals surface area contributed by atoms with E-state index in [4.69, 9.17) is 23.7 Å². The van der Waals surface area contributed by atoms with Crippen molar-refractivity contribution >= 4 is 34.2 Å². The molecule has 1 aromatic heterocycles. The second-order valence-corrected chi connectivity index (χ2v) is 11.6. The van der Waals surface area contributed by atoms with Gasteiger partial charge in [-0.3, -0.25) is 9.36 Å². The van der Waals surface area contributed by atoms with E-state index in [2.05, 4.69) is 29.3 Å². The van der Waals surface area contributed by atoms with Crippen molar-refractivity contribution in [2.24, 2.45) is 4.99 Å². The molecule has 0 saturated carbocycles. The fraction of sp³-hybridized carbons (Fsp3) is 0.216. The molecule has 4 aromatic carbocycles. The number of aromatic nitrogens is 1. The molecular weight excluding hydrogens is 616 g/mol. The Balaban J connectivity index is 1.34.